The van der Waals surface area contributed by atoms with E-state index in [1.165, 1.54) is 12.1 Å². The van der Waals surface area contributed by atoms with Crippen molar-refractivity contribution in [2.45, 2.75) is 12.8 Å². The van der Waals surface area contributed by atoms with E-state index < -0.39 is 11.7 Å². The molecular formula is C14H10ClF3O. The van der Waals surface area contributed by atoms with Crippen molar-refractivity contribution >= 4 is 11.6 Å². The highest BCUT2D eigenvalue weighted by molar-refractivity contribution is 6.31. The summed E-state index contributed by atoms with van der Waals surface area (Å²) in [5.74, 6) is 0. The molecule has 0 aliphatic carbocycles. The van der Waals surface area contributed by atoms with Crippen LogP contribution in [0, 0.1) is 0 Å². The van der Waals surface area contributed by atoms with Gasteiger partial charge in [0.05, 0.1) is 12.2 Å². The van der Waals surface area contributed by atoms with Crippen molar-refractivity contribution in [2.24, 2.45) is 0 Å². The summed E-state index contributed by atoms with van der Waals surface area (Å²) >= 11 is 5.86. The van der Waals surface area contributed by atoms with Crippen LogP contribution in [0.4, 0.5) is 13.2 Å². The Balaban J connectivity index is 2.37. The lowest BCUT2D eigenvalue weighted by Gasteiger charge is -2.09. The number of aliphatic hydroxyl groups excluding tert-OH is 1. The highest BCUT2D eigenvalue weighted by atomic mass is 35.5. The van der Waals surface area contributed by atoms with E-state index in [4.69, 9.17) is 16.7 Å². The predicted molar refractivity (Wildman–Crippen MR) is 67.8 cm³/mol. The van der Waals surface area contributed by atoms with Gasteiger partial charge in [0, 0.05) is 5.02 Å². The smallest absolute Gasteiger partial charge is 0.392 e. The van der Waals surface area contributed by atoms with Crippen molar-refractivity contribution in [1.29, 1.82) is 0 Å². The Labute approximate surface area is 113 Å². The van der Waals surface area contributed by atoms with E-state index in [0.717, 1.165) is 12.1 Å². The number of halogens is 4. The summed E-state index contributed by atoms with van der Waals surface area (Å²) in [5.41, 5.74) is 1.20. The van der Waals surface area contributed by atoms with Crippen molar-refractivity contribution in [3.8, 4) is 11.1 Å². The molecule has 100 valence electrons. The molecule has 0 aliphatic rings. The molecule has 0 spiro atoms. The van der Waals surface area contributed by atoms with E-state index in [-0.39, 0.29) is 6.61 Å². The summed E-state index contributed by atoms with van der Waals surface area (Å²) in [6.45, 7) is -0.215. The van der Waals surface area contributed by atoms with Crippen LogP contribution in [0.15, 0.2) is 42.5 Å². The summed E-state index contributed by atoms with van der Waals surface area (Å²) in [4.78, 5) is 0. The lowest BCUT2D eigenvalue weighted by Crippen LogP contribution is -2.04. The SMILES string of the molecule is OCc1cc(-c2ccc(C(F)(F)F)cc2)ccc1Cl. The molecule has 0 amide bonds. The Morgan fingerprint density at radius 1 is 0.947 bits per heavy atom. The number of benzene rings is 2. The number of rotatable bonds is 2. The van der Waals surface area contributed by atoms with Crippen molar-refractivity contribution in [3.05, 3.63) is 58.6 Å². The van der Waals surface area contributed by atoms with Gasteiger partial charge in [-0.15, -0.1) is 0 Å². The largest absolute Gasteiger partial charge is 0.416 e. The fourth-order valence-electron chi connectivity index (χ4n) is 1.73. The zero-order valence-electron chi connectivity index (χ0n) is 9.71. The summed E-state index contributed by atoms with van der Waals surface area (Å²) in [7, 11) is 0. The molecule has 0 bridgehead atoms. The predicted octanol–water partition coefficient (Wildman–Crippen LogP) is 4.52. The maximum absolute atomic E-state index is 12.4. The minimum absolute atomic E-state index is 0.215. The highest BCUT2D eigenvalue weighted by Gasteiger charge is 2.29. The molecule has 1 N–H and O–H groups in total. The molecule has 5 heteroatoms. The second kappa shape index (κ2) is 5.23. The van der Waals surface area contributed by atoms with Crippen LogP contribution in [0.25, 0.3) is 11.1 Å². The first-order valence-electron chi connectivity index (χ1n) is 5.49. The molecule has 0 unspecified atom stereocenters. The monoisotopic (exact) mass is 286 g/mol. The maximum Gasteiger partial charge on any atom is 0.416 e. The minimum atomic E-state index is -4.34. The van der Waals surface area contributed by atoms with E-state index in [9.17, 15) is 13.2 Å². The summed E-state index contributed by atoms with van der Waals surface area (Å²) in [5, 5.41) is 9.54. The first-order valence-corrected chi connectivity index (χ1v) is 5.86. The lowest BCUT2D eigenvalue weighted by atomic mass is 10.0. The molecule has 0 fully saturated rings. The Morgan fingerprint density at radius 3 is 2.05 bits per heavy atom. The molecule has 19 heavy (non-hydrogen) atoms. The number of hydrogen-bond donors (Lipinski definition) is 1. The minimum Gasteiger partial charge on any atom is -0.392 e. The zero-order valence-corrected chi connectivity index (χ0v) is 10.5. The molecular weight excluding hydrogens is 277 g/mol. The van der Waals surface area contributed by atoms with Gasteiger partial charge in [-0.05, 0) is 41.0 Å². The van der Waals surface area contributed by atoms with Crippen LogP contribution in [0.1, 0.15) is 11.1 Å². The summed E-state index contributed by atoms with van der Waals surface area (Å²) in [6, 6.07) is 9.82. The topological polar surface area (TPSA) is 20.2 Å². The van der Waals surface area contributed by atoms with Gasteiger partial charge >= 0.3 is 6.18 Å². The molecule has 0 saturated carbocycles. The third-order valence-electron chi connectivity index (χ3n) is 2.76. The lowest BCUT2D eigenvalue weighted by molar-refractivity contribution is -0.137. The average molecular weight is 287 g/mol. The van der Waals surface area contributed by atoms with Crippen LogP contribution in [-0.2, 0) is 12.8 Å². The van der Waals surface area contributed by atoms with E-state index >= 15 is 0 Å². The first-order chi connectivity index (χ1) is 8.91. The fraction of sp³-hybridized carbons (Fsp3) is 0.143. The van der Waals surface area contributed by atoms with Crippen LogP contribution in [-0.4, -0.2) is 5.11 Å². The average Bonchev–Trinajstić information content (AvgIpc) is 2.38. The standard InChI is InChI=1S/C14H10ClF3O/c15-13-6-3-10(7-11(13)8-19)9-1-4-12(5-2-9)14(16,17)18/h1-7,19H,8H2. The number of alkyl halides is 3. The van der Waals surface area contributed by atoms with Crippen LogP contribution in [0.2, 0.25) is 5.02 Å². The Morgan fingerprint density at radius 2 is 1.53 bits per heavy atom. The molecule has 2 aromatic rings. The van der Waals surface area contributed by atoms with E-state index in [2.05, 4.69) is 0 Å². The second-order valence-corrected chi connectivity index (χ2v) is 4.45. The second-order valence-electron chi connectivity index (χ2n) is 4.04. The molecule has 2 rings (SSSR count). The summed E-state index contributed by atoms with van der Waals surface area (Å²) in [6.07, 6.45) is -4.34. The van der Waals surface area contributed by atoms with Crippen LogP contribution in [0.3, 0.4) is 0 Å². The number of hydrogen-bond acceptors (Lipinski definition) is 1. The van der Waals surface area contributed by atoms with Gasteiger partial charge in [-0.2, -0.15) is 13.2 Å². The van der Waals surface area contributed by atoms with Gasteiger partial charge in [0.2, 0.25) is 0 Å². The summed E-state index contributed by atoms with van der Waals surface area (Å²) < 4.78 is 37.3. The van der Waals surface area contributed by atoms with Gasteiger partial charge in [-0.25, -0.2) is 0 Å². The Kier molecular flexibility index (Phi) is 3.83. The van der Waals surface area contributed by atoms with Crippen LogP contribution in [0.5, 0.6) is 0 Å². The highest BCUT2D eigenvalue weighted by Crippen LogP contribution is 2.31. The van der Waals surface area contributed by atoms with Crippen molar-refractivity contribution < 1.29 is 18.3 Å². The number of aliphatic hydroxyl groups is 1. The molecule has 0 heterocycles. The van der Waals surface area contributed by atoms with Crippen molar-refractivity contribution in [1.82, 2.24) is 0 Å². The Hall–Kier alpha value is -1.52. The van der Waals surface area contributed by atoms with E-state index in [0.29, 0.717) is 21.7 Å². The molecule has 1 nitrogen and oxygen atoms in total. The van der Waals surface area contributed by atoms with Gasteiger partial charge in [-0.1, -0.05) is 29.8 Å². The quantitative estimate of drug-likeness (QED) is 0.861. The molecule has 0 atom stereocenters. The maximum atomic E-state index is 12.4. The van der Waals surface area contributed by atoms with Gasteiger partial charge in [-0.3, -0.25) is 0 Å². The molecule has 2 aromatic carbocycles. The van der Waals surface area contributed by atoms with Crippen LogP contribution < -0.4 is 0 Å². The molecule has 0 radical (unpaired) electrons. The zero-order chi connectivity index (χ0) is 14.0. The normalized spacial score (nSPS) is 11.6. The van der Waals surface area contributed by atoms with Crippen molar-refractivity contribution in [3.63, 3.8) is 0 Å². The molecule has 0 aliphatic heterocycles. The Bertz CT molecular complexity index is 576. The molecule has 0 saturated heterocycles. The van der Waals surface area contributed by atoms with Gasteiger partial charge in [0.15, 0.2) is 0 Å². The van der Waals surface area contributed by atoms with Gasteiger partial charge in [0.25, 0.3) is 0 Å². The third kappa shape index (κ3) is 3.08. The van der Waals surface area contributed by atoms with Gasteiger partial charge < -0.3 is 5.11 Å². The van der Waals surface area contributed by atoms with Crippen molar-refractivity contribution in [2.75, 3.05) is 0 Å². The van der Waals surface area contributed by atoms with Gasteiger partial charge in [0.1, 0.15) is 0 Å². The fourth-order valence-corrected chi connectivity index (χ4v) is 1.90. The molecule has 0 aromatic heterocycles. The first kappa shape index (κ1) is 13.9. The third-order valence-corrected chi connectivity index (χ3v) is 3.13. The van der Waals surface area contributed by atoms with E-state index in [1.807, 2.05) is 0 Å². The van der Waals surface area contributed by atoms with E-state index in [1.54, 1.807) is 18.2 Å². The van der Waals surface area contributed by atoms with Crippen LogP contribution >= 0.6 is 11.6 Å².